The highest BCUT2D eigenvalue weighted by molar-refractivity contribution is 5.26. The van der Waals surface area contributed by atoms with Crippen molar-refractivity contribution in [3.8, 4) is 5.75 Å². The first kappa shape index (κ1) is 13.4. The van der Waals surface area contributed by atoms with Crippen LogP contribution in [0.1, 0.15) is 45.1 Å². The van der Waals surface area contributed by atoms with Crippen molar-refractivity contribution in [3.05, 3.63) is 29.8 Å². The van der Waals surface area contributed by atoms with Crippen LogP contribution in [-0.2, 0) is 6.42 Å². The normalized spacial score (nSPS) is 25.9. The fraction of sp³-hybridized carbons (Fsp3) is 0.625. The molecule has 0 spiro atoms. The zero-order chi connectivity index (χ0) is 13.0. The van der Waals surface area contributed by atoms with Crippen molar-refractivity contribution in [2.24, 2.45) is 5.92 Å². The summed E-state index contributed by atoms with van der Waals surface area (Å²) in [5, 5.41) is 13.0. The molecule has 0 saturated heterocycles. The second kappa shape index (κ2) is 6.24. The fourth-order valence-corrected chi connectivity index (χ4v) is 2.97. The third-order valence-electron chi connectivity index (χ3n) is 4.09. The van der Waals surface area contributed by atoms with Crippen LogP contribution in [0, 0.1) is 5.92 Å². The number of benzene rings is 1. The number of phenols is 1. The van der Waals surface area contributed by atoms with Crippen molar-refractivity contribution in [3.63, 3.8) is 0 Å². The fourth-order valence-electron chi connectivity index (χ4n) is 2.97. The lowest BCUT2D eigenvalue weighted by atomic mass is 9.85. The summed E-state index contributed by atoms with van der Waals surface area (Å²) in [6, 6.07) is 8.75. The van der Waals surface area contributed by atoms with Gasteiger partial charge in [-0.05, 0) is 49.8 Å². The third-order valence-corrected chi connectivity index (χ3v) is 4.09. The van der Waals surface area contributed by atoms with Crippen LogP contribution in [0.15, 0.2) is 24.3 Å². The molecule has 100 valence electrons. The summed E-state index contributed by atoms with van der Waals surface area (Å²) in [5.74, 6) is 1.15. The first-order valence-corrected chi connectivity index (χ1v) is 7.19. The average Bonchev–Trinajstić information content (AvgIpc) is 2.35. The van der Waals surface area contributed by atoms with Gasteiger partial charge in [-0.1, -0.05) is 31.9 Å². The van der Waals surface area contributed by atoms with Crippen molar-refractivity contribution < 1.29 is 5.11 Å². The van der Waals surface area contributed by atoms with E-state index in [0.29, 0.717) is 17.8 Å². The van der Waals surface area contributed by atoms with Gasteiger partial charge in [0, 0.05) is 12.1 Å². The Morgan fingerprint density at radius 2 is 1.89 bits per heavy atom. The summed E-state index contributed by atoms with van der Waals surface area (Å²) in [5.41, 5.74) is 1.29. The molecule has 1 aliphatic carbocycles. The maximum atomic E-state index is 9.27. The third kappa shape index (κ3) is 3.74. The molecule has 1 aliphatic rings. The van der Waals surface area contributed by atoms with Crippen molar-refractivity contribution in [2.45, 2.75) is 58.0 Å². The van der Waals surface area contributed by atoms with Gasteiger partial charge in [0.15, 0.2) is 0 Å². The smallest absolute Gasteiger partial charge is 0.115 e. The van der Waals surface area contributed by atoms with Crippen molar-refractivity contribution >= 4 is 0 Å². The van der Waals surface area contributed by atoms with Crippen LogP contribution in [0.25, 0.3) is 0 Å². The summed E-state index contributed by atoms with van der Waals surface area (Å²) >= 11 is 0. The molecule has 2 heteroatoms. The van der Waals surface area contributed by atoms with Crippen LogP contribution in [-0.4, -0.2) is 17.2 Å². The van der Waals surface area contributed by atoms with Gasteiger partial charge in [0.2, 0.25) is 0 Å². The molecule has 3 unspecified atom stereocenters. The van der Waals surface area contributed by atoms with E-state index in [1.54, 1.807) is 12.1 Å². The average molecular weight is 247 g/mol. The van der Waals surface area contributed by atoms with Gasteiger partial charge in [-0.2, -0.15) is 0 Å². The second-order valence-corrected chi connectivity index (χ2v) is 5.81. The predicted molar refractivity (Wildman–Crippen MR) is 75.8 cm³/mol. The molecule has 18 heavy (non-hydrogen) atoms. The molecular weight excluding hydrogens is 222 g/mol. The van der Waals surface area contributed by atoms with Gasteiger partial charge in [-0.3, -0.25) is 0 Å². The minimum absolute atomic E-state index is 0.347. The number of rotatable bonds is 4. The minimum atomic E-state index is 0.347. The summed E-state index contributed by atoms with van der Waals surface area (Å²) in [6.45, 7) is 4.62. The van der Waals surface area contributed by atoms with E-state index in [-0.39, 0.29) is 0 Å². The van der Waals surface area contributed by atoms with E-state index in [2.05, 4.69) is 19.2 Å². The highest BCUT2D eigenvalue weighted by Crippen LogP contribution is 2.24. The highest BCUT2D eigenvalue weighted by Gasteiger charge is 2.22. The molecule has 1 saturated carbocycles. The van der Waals surface area contributed by atoms with E-state index in [9.17, 15) is 5.11 Å². The van der Waals surface area contributed by atoms with Crippen LogP contribution in [0.4, 0.5) is 0 Å². The zero-order valence-electron chi connectivity index (χ0n) is 11.5. The molecule has 1 aromatic carbocycles. The Labute approximate surface area is 110 Å². The molecular formula is C16H25NO. The van der Waals surface area contributed by atoms with Crippen LogP contribution >= 0.6 is 0 Å². The molecule has 2 rings (SSSR count). The van der Waals surface area contributed by atoms with E-state index in [0.717, 1.165) is 12.3 Å². The summed E-state index contributed by atoms with van der Waals surface area (Å²) in [7, 11) is 0. The van der Waals surface area contributed by atoms with Crippen molar-refractivity contribution in [2.75, 3.05) is 0 Å². The molecule has 2 nitrogen and oxygen atoms in total. The van der Waals surface area contributed by atoms with Gasteiger partial charge in [0.25, 0.3) is 0 Å². The van der Waals surface area contributed by atoms with Crippen LogP contribution in [0.5, 0.6) is 5.75 Å². The van der Waals surface area contributed by atoms with E-state index in [4.69, 9.17) is 0 Å². The van der Waals surface area contributed by atoms with Gasteiger partial charge in [-0.25, -0.2) is 0 Å². The topological polar surface area (TPSA) is 32.3 Å². The van der Waals surface area contributed by atoms with Gasteiger partial charge >= 0.3 is 0 Å². The molecule has 1 aromatic rings. The second-order valence-electron chi connectivity index (χ2n) is 5.81. The molecule has 0 heterocycles. The zero-order valence-corrected chi connectivity index (χ0v) is 11.5. The van der Waals surface area contributed by atoms with Crippen LogP contribution in [0.3, 0.4) is 0 Å². The van der Waals surface area contributed by atoms with Crippen molar-refractivity contribution in [1.29, 1.82) is 0 Å². The van der Waals surface area contributed by atoms with E-state index >= 15 is 0 Å². The molecule has 3 atom stereocenters. The lowest BCUT2D eigenvalue weighted by molar-refractivity contribution is 0.262. The summed E-state index contributed by atoms with van der Waals surface area (Å²) in [6.07, 6.45) is 6.48. The quantitative estimate of drug-likeness (QED) is 0.853. The summed E-state index contributed by atoms with van der Waals surface area (Å²) in [4.78, 5) is 0. The lowest BCUT2D eigenvalue weighted by Crippen LogP contribution is -2.43. The first-order chi connectivity index (χ1) is 8.65. The number of phenolic OH excluding ortho intramolecular Hbond substituents is 1. The Kier molecular flexibility index (Phi) is 4.65. The van der Waals surface area contributed by atoms with Gasteiger partial charge in [0.1, 0.15) is 5.75 Å². The summed E-state index contributed by atoms with van der Waals surface area (Å²) < 4.78 is 0. The monoisotopic (exact) mass is 247 g/mol. The maximum absolute atomic E-state index is 9.27. The maximum Gasteiger partial charge on any atom is 0.115 e. The predicted octanol–water partition coefficient (Wildman–Crippen LogP) is 3.49. The lowest BCUT2D eigenvalue weighted by Gasteiger charge is -2.32. The Morgan fingerprint density at radius 1 is 1.22 bits per heavy atom. The SMILES string of the molecule is CC(Cc1ccc(O)cc1)NC1CCCCC1C. The van der Waals surface area contributed by atoms with Crippen LogP contribution < -0.4 is 5.32 Å². The molecule has 0 amide bonds. The standard InChI is InChI=1S/C16H25NO/c1-12-5-3-4-6-16(12)17-13(2)11-14-7-9-15(18)10-8-14/h7-10,12-13,16-18H,3-6,11H2,1-2H3. The van der Waals surface area contributed by atoms with Gasteiger partial charge < -0.3 is 10.4 Å². The van der Waals surface area contributed by atoms with Crippen LogP contribution in [0.2, 0.25) is 0 Å². The number of hydrogen-bond donors (Lipinski definition) is 2. The van der Waals surface area contributed by atoms with E-state index in [1.165, 1.54) is 31.2 Å². The Hall–Kier alpha value is -1.02. The number of hydrogen-bond acceptors (Lipinski definition) is 2. The molecule has 2 N–H and O–H groups in total. The highest BCUT2D eigenvalue weighted by atomic mass is 16.3. The molecule has 1 fully saturated rings. The molecule has 0 aliphatic heterocycles. The Balaban J connectivity index is 1.84. The van der Waals surface area contributed by atoms with Gasteiger partial charge in [0.05, 0.1) is 0 Å². The molecule has 0 aromatic heterocycles. The largest absolute Gasteiger partial charge is 0.508 e. The minimum Gasteiger partial charge on any atom is -0.508 e. The van der Waals surface area contributed by atoms with Crippen molar-refractivity contribution in [1.82, 2.24) is 5.32 Å². The number of nitrogens with one attached hydrogen (secondary N) is 1. The molecule has 0 radical (unpaired) electrons. The Bertz CT molecular complexity index is 360. The van der Waals surface area contributed by atoms with Gasteiger partial charge in [-0.15, -0.1) is 0 Å². The number of aromatic hydroxyl groups is 1. The Morgan fingerprint density at radius 3 is 2.56 bits per heavy atom. The molecule has 0 bridgehead atoms. The van der Waals surface area contributed by atoms with E-state index in [1.807, 2.05) is 12.1 Å². The first-order valence-electron chi connectivity index (χ1n) is 7.19. The van der Waals surface area contributed by atoms with E-state index < -0.39 is 0 Å².